The van der Waals surface area contributed by atoms with E-state index in [1.54, 1.807) is 0 Å². The van der Waals surface area contributed by atoms with E-state index in [1.165, 1.54) is 85.3 Å². The predicted molar refractivity (Wildman–Crippen MR) is 517 cm³/mol. The van der Waals surface area contributed by atoms with Gasteiger partial charge in [0.05, 0.1) is 44.2 Å². The smallest absolute Gasteiger partial charge is 0.179 e. The van der Waals surface area contributed by atoms with Crippen LogP contribution in [0.5, 0.6) is 0 Å². The molecule has 0 aliphatic heterocycles. The van der Waals surface area contributed by atoms with Crippen molar-refractivity contribution >= 4 is 147 Å². The van der Waals surface area contributed by atoms with Crippen LogP contribution in [0.1, 0.15) is 105 Å². The molecule has 0 saturated heterocycles. The van der Waals surface area contributed by atoms with Gasteiger partial charge < -0.3 is 18.9 Å². The maximum atomic E-state index is 9.19. The Labute approximate surface area is 709 Å². The Hall–Kier alpha value is -12.6. The van der Waals surface area contributed by atoms with Crippen LogP contribution in [-0.4, -0.2) is 25.3 Å². The molecule has 119 heavy (non-hydrogen) atoms. The Morgan fingerprint density at radius 3 is 0.790 bits per heavy atom. The largest absolute Gasteiger partial charge is 0.309 e. The van der Waals surface area contributed by atoms with Crippen LogP contribution in [0.4, 0.5) is 34.1 Å². The highest BCUT2D eigenvalue weighted by atomic mass is 35.5. The molecule has 0 bridgehead atoms. The van der Waals surface area contributed by atoms with E-state index in [0.29, 0.717) is 5.02 Å². The number of benzene rings is 16. The third-order valence-corrected chi connectivity index (χ3v) is 34.6. The van der Waals surface area contributed by atoms with Crippen LogP contribution in [0.25, 0.3) is 66.1 Å². The van der Waals surface area contributed by atoms with Crippen LogP contribution in [0, 0.1) is 0 Å². The van der Waals surface area contributed by atoms with Crippen molar-refractivity contribution in [1.82, 2.24) is 9.13 Å². The third-order valence-electron chi connectivity index (χ3n) is 24.6. The SMILES string of the molecule is CC(C)(C)c1ccc2c(c1)c1cc(C(C)(C)C)ccc1n2-c1cccc(N(c2ccc(-c3ccccc3)cc2)c2cc(-n3c4ccc(C(C)(C)C)cc4c4cc(C(C)(C)C)ccc43)cc(N(c3cccc([Si](c4ccccc4)(c4ccccc4)c4ccccc4)c3)c3cccc([Si](c4ccccc4)(c4ccccc4)c4ccccc4)c3)c2Cl)c1. The Bertz CT molecular complexity index is 6250. The highest BCUT2D eigenvalue weighted by Crippen LogP contribution is 2.51. The van der Waals surface area contributed by atoms with Crippen molar-refractivity contribution in [1.29, 1.82) is 0 Å². The Morgan fingerprint density at radius 1 is 0.218 bits per heavy atom. The molecule has 16 aromatic carbocycles. The van der Waals surface area contributed by atoms with Crippen molar-refractivity contribution in [2.75, 3.05) is 9.80 Å². The minimum absolute atomic E-state index is 0.0733. The molecule has 0 amide bonds. The van der Waals surface area contributed by atoms with Gasteiger partial charge in [0.25, 0.3) is 0 Å². The zero-order valence-electron chi connectivity index (χ0n) is 70.2. The van der Waals surface area contributed by atoms with Gasteiger partial charge in [-0.3, -0.25) is 0 Å². The van der Waals surface area contributed by atoms with Crippen LogP contribution >= 0.6 is 11.6 Å². The molecule has 0 aliphatic carbocycles. The molecule has 0 atom stereocenters. The van der Waals surface area contributed by atoms with Gasteiger partial charge in [-0.15, -0.1) is 0 Å². The number of aromatic nitrogens is 2. The molecule has 4 nitrogen and oxygen atoms in total. The summed E-state index contributed by atoms with van der Waals surface area (Å²) in [6.07, 6.45) is 0. The first-order chi connectivity index (χ1) is 57.5. The minimum Gasteiger partial charge on any atom is -0.309 e. The van der Waals surface area contributed by atoms with Gasteiger partial charge in [0, 0.05) is 50.0 Å². The summed E-state index contributed by atoms with van der Waals surface area (Å²) in [6.45, 7) is 27.8. The lowest BCUT2D eigenvalue weighted by Gasteiger charge is -2.37. The lowest BCUT2D eigenvalue weighted by Crippen LogP contribution is -2.74. The van der Waals surface area contributed by atoms with Crippen molar-refractivity contribution in [2.45, 2.75) is 105 Å². The Morgan fingerprint density at radius 2 is 0.479 bits per heavy atom. The number of hydrogen-bond acceptors (Lipinski definition) is 2. The lowest BCUT2D eigenvalue weighted by molar-refractivity contribution is 0.590. The molecular weight excluding hydrogens is 1490 g/mol. The van der Waals surface area contributed by atoms with E-state index in [1.807, 2.05) is 0 Å². The van der Waals surface area contributed by atoms with Gasteiger partial charge >= 0.3 is 0 Å². The van der Waals surface area contributed by atoms with Crippen LogP contribution in [-0.2, 0) is 21.7 Å². The average molecular weight is 1590 g/mol. The maximum absolute atomic E-state index is 9.19. The minimum atomic E-state index is -3.22. The summed E-state index contributed by atoms with van der Waals surface area (Å²) in [6, 6.07) is 149. The molecule has 2 heterocycles. The standard InChI is InChI=1S/C112H101ClN4Si2/c1-109(2,3)80-59-65-102-98(69-80)99-70-81(110(4,5)6)60-66-103(99)116(102)86-40-34-39-85(73-86)114(84-63-57-79(58-64-84)78-37-20-13-21-38-78)106-76-89(117-104-67-61-82(111(7,8)9)71-100(104)101-72-83(112(10,11)12)62-68-105(101)117)77-107(108(106)113)115(87-41-35-55-96(74-87)118(90-43-22-14-23-44-90,91-45-24-15-25-46-91)92-47-26-16-27-48-92)88-42-36-56-97(75-88)119(93-49-28-17-29-50-93,94-51-30-18-31-52-94)95-53-32-19-33-54-95/h13-77H,1-12H3. The fraction of sp³-hybridized carbons (Fsp3) is 0.143. The van der Waals surface area contributed by atoms with E-state index in [2.05, 4.69) is 496 Å². The van der Waals surface area contributed by atoms with Crippen molar-refractivity contribution in [3.8, 4) is 22.5 Å². The van der Waals surface area contributed by atoms with Crippen molar-refractivity contribution in [3.05, 3.63) is 422 Å². The molecule has 7 heteroatoms. The lowest BCUT2D eigenvalue weighted by atomic mass is 9.85. The van der Waals surface area contributed by atoms with E-state index in [4.69, 9.17) is 0 Å². The second kappa shape index (κ2) is 30.7. The number of nitrogens with zero attached hydrogens (tertiary/aromatic N) is 4. The summed E-state index contributed by atoms with van der Waals surface area (Å²) in [5.74, 6) is 0. The fourth-order valence-corrected chi connectivity index (χ4v) is 28.3. The zero-order valence-corrected chi connectivity index (χ0v) is 73.0. The average Bonchev–Trinajstić information content (AvgIpc) is 0.834. The second-order valence-corrected chi connectivity index (χ2v) is 44.3. The predicted octanol–water partition coefficient (Wildman–Crippen LogP) is 25.1. The van der Waals surface area contributed by atoms with E-state index in [0.717, 1.165) is 78.7 Å². The van der Waals surface area contributed by atoms with Crippen molar-refractivity contribution in [3.63, 3.8) is 0 Å². The first-order valence-corrected chi connectivity index (χ1v) is 46.3. The van der Waals surface area contributed by atoms with Crippen molar-refractivity contribution in [2.24, 2.45) is 0 Å². The number of rotatable bonds is 17. The third kappa shape index (κ3) is 14.0. The van der Waals surface area contributed by atoms with Gasteiger partial charge in [-0.1, -0.05) is 374 Å². The molecule has 0 N–H and O–H groups in total. The number of fused-ring (bicyclic) bond motifs is 6. The maximum Gasteiger partial charge on any atom is 0.179 e. The van der Waals surface area contributed by atoms with Gasteiger partial charge in [0.1, 0.15) is 0 Å². The quantitative estimate of drug-likeness (QED) is 0.0667. The molecule has 2 aromatic heterocycles. The molecule has 0 aliphatic rings. The summed E-state index contributed by atoms with van der Waals surface area (Å²) >= 11 is 9.19. The van der Waals surface area contributed by atoms with Gasteiger partial charge in [0.15, 0.2) is 16.1 Å². The summed E-state index contributed by atoms with van der Waals surface area (Å²) < 4.78 is 5.01. The molecule has 18 aromatic rings. The number of anilines is 6. The van der Waals surface area contributed by atoms with E-state index >= 15 is 0 Å². The topological polar surface area (TPSA) is 16.3 Å². The van der Waals surface area contributed by atoms with Gasteiger partial charge in [-0.25, -0.2) is 0 Å². The van der Waals surface area contributed by atoms with Crippen LogP contribution in [0.15, 0.2) is 394 Å². The summed E-state index contributed by atoms with van der Waals surface area (Å²) in [5.41, 5.74) is 18.8. The van der Waals surface area contributed by atoms with Gasteiger partial charge in [-0.05, 0) is 212 Å². The molecule has 18 rings (SSSR count). The van der Waals surface area contributed by atoms with E-state index in [-0.39, 0.29) is 21.7 Å². The Kier molecular flexibility index (Phi) is 20.1. The summed E-state index contributed by atoms with van der Waals surface area (Å²) in [4.78, 5) is 4.94. The monoisotopic (exact) mass is 1590 g/mol. The highest BCUT2D eigenvalue weighted by molar-refractivity contribution is 7.20. The van der Waals surface area contributed by atoms with Gasteiger partial charge in [0.2, 0.25) is 0 Å². The molecular formula is C112H101ClN4Si2. The van der Waals surface area contributed by atoms with E-state index < -0.39 is 16.1 Å². The molecule has 0 unspecified atom stereocenters. The van der Waals surface area contributed by atoms with Crippen molar-refractivity contribution < 1.29 is 0 Å². The van der Waals surface area contributed by atoms with Crippen LogP contribution in [0.3, 0.4) is 0 Å². The zero-order chi connectivity index (χ0) is 82.2. The number of hydrogen-bond donors (Lipinski definition) is 0. The second-order valence-electron chi connectivity index (χ2n) is 36.3. The Balaban J connectivity index is 0.987. The van der Waals surface area contributed by atoms with Crippen LogP contribution in [0.2, 0.25) is 5.02 Å². The molecule has 0 radical (unpaired) electrons. The molecule has 0 spiro atoms. The van der Waals surface area contributed by atoms with Crippen LogP contribution < -0.4 is 51.3 Å². The highest BCUT2D eigenvalue weighted by Gasteiger charge is 2.44. The fourth-order valence-electron chi connectivity index (χ4n) is 18.4. The molecule has 0 fully saturated rings. The first-order valence-electron chi connectivity index (χ1n) is 41.9. The van der Waals surface area contributed by atoms with E-state index in [9.17, 15) is 11.6 Å². The normalized spacial score (nSPS) is 12.4. The summed E-state index contributed by atoms with van der Waals surface area (Å²) in [7, 11) is -6.43. The molecule has 0 saturated carbocycles. The first kappa shape index (κ1) is 77.7. The van der Waals surface area contributed by atoms with Gasteiger partial charge in [-0.2, -0.15) is 0 Å². The number of halogens is 1. The summed E-state index contributed by atoms with van der Waals surface area (Å²) in [5, 5.41) is 15.6. The molecule has 584 valence electrons.